The van der Waals surface area contributed by atoms with Gasteiger partial charge in [0.2, 0.25) is 0 Å². The van der Waals surface area contributed by atoms with E-state index < -0.39 is 23.1 Å². The first kappa shape index (κ1) is 16.1. The fourth-order valence-corrected chi connectivity index (χ4v) is 2.45. The summed E-state index contributed by atoms with van der Waals surface area (Å²) >= 11 is 11.8. The summed E-state index contributed by atoms with van der Waals surface area (Å²) < 4.78 is 39.0. The number of aliphatic hydroxyl groups excluding tert-OH is 1. The van der Waals surface area contributed by atoms with Gasteiger partial charge in [-0.1, -0.05) is 29.3 Å². The van der Waals surface area contributed by atoms with E-state index in [0.717, 1.165) is 12.1 Å². The molecule has 4 nitrogen and oxygen atoms in total. The number of hydrogen-bond acceptors (Lipinski definition) is 3. The topological polar surface area (TPSA) is 50.9 Å². The van der Waals surface area contributed by atoms with Crippen molar-refractivity contribution in [3.63, 3.8) is 0 Å². The molecule has 2 aromatic rings. The average molecular weight is 340 g/mol. The molecule has 0 aliphatic rings. The van der Waals surface area contributed by atoms with Gasteiger partial charge >= 0.3 is 6.18 Å². The van der Waals surface area contributed by atoms with Crippen LogP contribution >= 0.6 is 23.2 Å². The van der Waals surface area contributed by atoms with E-state index in [1.54, 1.807) is 14.0 Å². The lowest BCUT2D eigenvalue weighted by Gasteiger charge is -2.14. The summed E-state index contributed by atoms with van der Waals surface area (Å²) in [6.45, 7) is 1.62. The van der Waals surface area contributed by atoms with Crippen LogP contribution in [0.1, 0.15) is 28.6 Å². The minimum Gasteiger partial charge on any atom is -0.383 e. The third kappa shape index (κ3) is 3.00. The molecule has 1 N–H and O–H groups in total. The fraction of sp³-hybridized carbons (Fsp3) is 0.333. The summed E-state index contributed by atoms with van der Waals surface area (Å²) in [6, 6.07) is 1.83. The quantitative estimate of drug-likeness (QED) is 0.851. The van der Waals surface area contributed by atoms with Crippen molar-refractivity contribution in [2.75, 3.05) is 0 Å². The minimum atomic E-state index is -4.60. The van der Waals surface area contributed by atoms with Crippen LogP contribution in [0.3, 0.4) is 0 Å². The van der Waals surface area contributed by atoms with Crippen LogP contribution < -0.4 is 0 Å². The minimum absolute atomic E-state index is 0.0302. The number of aryl methyl sites for hydroxylation is 2. The molecule has 0 saturated carbocycles. The fourth-order valence-electron chi connectivity index (χ4n) is 1.92. The molecule has 9 heteroatoms. The lowest BCUT2D eigenvalue weighted by Crippen LogP contribution is -2.10. The van der Waals surface area contributed by atoms with Crippen LogP contribution in [-0.4, -0.2) is 19.9 Å². The lowest BCUT2D eigenvalue weighted by atomic mass is 10.0. The number of nitrogens with zero attached hydrogens (tertiary/aromatic N) is 3. The van der Waals surface area contributed by atoms with Crippen LogP contribution in [0.4, 0.5) is 13.2 Å². The normalized spacial score (nSPS) is 13.5. The highest BCUT2D eigenvalue weighted by atomic mass is 35.5. The zero-order valence-electron chi connectivity index (χ0n) is 10.9. The van der Waals surface area contributed by atoms with Crippen LogP contribution in [0.15, 0.2) is 12.1 Å². The monoisotopic (exact) mass is 339 g/mol. The first-order valence-corrected chi connectivity index (χ1v) is 6.49. The maximum absolute atomic E-state index is 12.5. The van der Waals surface area contributed by atoms with Crippen molar-refractivity contribution in [3.05, 3.63) is 45.0 Å². The van der Waals surface area contributed by atoms with Crippen LogP contribution in [-0.2, 0) is 13.2 Å². The number of rotatable bonds is 2. The molecule has 0 bridgehead atoms. The summed E-state index contributed by atoms with van der Waals surface area (Å²) in [5.41, 5.74) is -0.367. The van der Waals surface area contributed by atoms with E-state index in [9.17, 15) is 18.3 Å². The van der Waals surface area contributed by atoms with Gasteiger partial charge in [-0.2, -0.15) is 18.3 Å². The smallest absolute Gasteiger partial charge is 0.383 e. The first-order chi connectivity index (χ1) is 9.62. The lowest BCUT2D eigenvalue weighted by molar-refractivity contribution is -0.141. The molecule has 0 spiro atoms. The van der Waals surface area contributed by atoms with Crippen molar-refractivity contribution < 1.29 is 18.3 Å². The van der Waals surface area contributed by atoms with Crippen molar-refractivity contribution in [1.29, 1.82) is 0 Å². The number of pyridine rings is 1. The van der Waals surface area contributed by atoms with E-state index in [1.165, 1.54) is 4.68 Å². The number of hydrogen-bond donors (Lipinski definition) is 1. The summed E-state index contributed by atoms with van der Waals surface area (Å²) in [5.74, 6) is 0. The van der Waals surface area contributed by atoms with Gasteiger partial charge in [0.15, 0.2) is 0 Å². The molecule has 0 radical (unpaired) electrons. The van der Waals surface area contributed by atoms with E-state index in [1.807, 2.05) is 0 Å². The van der Waals surface area contributed by atoms with Crippen LogP contribution in [0.25, 0.3) is 0 Å². The van der Waals surface area contributed by atoms with E-state index >= 15 is 0 Å². The molecule has 0 aliphatic carbocycles. The molecule has 2 aromatic heterocycles. The van der Waals surface area contributed by atoms with Crippen molar-refractivity contribution >= 4 is 23.2 Å². The van der Waals surface area contributed by atoms with Gasteiger partial charge in [-0.15, -0.1) is 0 Å². The second-order valence-corrected chi connectivity index (χ2v) is 5.11. The number of halogens is 5. The number of aromatic nitrogens is 3. The molecule has 21 heavy (non-hydrogen) atoms. The molecule has 1 unspecified atom stereocenters. The maximum atomic E-state index is 12.5. The third-order valence-corrected chi connectivity index (χ3v) is 3.68. The van der Waals surface area contributed by atoms with Gasteiger partial charge in [-0.25, -0.2) is 4.98 Å². The molecule has 0 aliphatic heterocycles. The van der Waals surface area contributed by atoms with E-state index in [0.29, 0.717) is 5.69 Å². The van der Waals surface area contributed by atoms with Gasteiger partial charge in [0.1, 0.15) is 22.1 Å². The van der Waals surface area contributed by atoms with Crippen molar-refractivity contribution in [1.82, 2.24) is 14.8 Å². The Labute approximate surface area is 128 Å². The van der Waals surface area contributed by atoms with E-state index in [2.05, 4.69) is 10.1 Å². The Morgan fingerprint density at radius 1 is 1.29 bits per heavy atom. The summed E-state index contributed by atoms with van der Waals surface area (Å²) in [7, 11) is 1.58. The van der Waals surface area contributed by atoms with Crippen molar-refractivity contribution in [2.24, 2.45) is 7.05 Å². The van der Waals surface area contributed by atoms with Gasteiger partial charge in [-0.3, -0.25) is 4.68 Å². The highest BCUT2D eigenvalue weighted by molar-refractivity contribution is 6.31. The molecule has 0 aromatic carbocycles. The third-order valence-electron chi connectivity index (χ3n) is 2.93. The second kappa shape index (κ2) is 5.47. The summed E-state index contributed by atoms with van der Waals surface area (Å²) in [4.78, 5) is 3.27. The standard InChI is InChI=1S/C12H10Cl2F3N3O/c1-5-8(11(14)20(2)19-5)9(21)6-3-4-7(12(15,16)17)18-10(6)13/h3-4,9,21H,1-2H3. The Hall–Kier alpha value is -1.31. The Kier molecular flexibility index (Phi) is 4.19. The van der Waals surface area contributed by atoms with Crippen LogP contribution in [0.5, 0.6) is 0 Å². The Balaban J connectivity index is 2.47. The highest BCUT2D eigenvalue weighted by Crippen LogP contribution is 2.35. The Morgan fingerprint density at radius 2 is 1.90 bits per heavy atom. The van der Waals surface area contributed by atoms with Crippen LogP contribution in [0, 0.1) is 6.92 Å². The zero-order valence-corrected chi connectivity index (χ0v) is 12.4. The van der Waals surface area contributed by atoms with Crippen molar-refractivity contribution in [3.8, 4) is 0 Å². The SMILES string of the molecule is Cc1nn(C)c(Cl)c1C(O)c1ccc(C(F)(F)F)nc1Cl. The van der Waals surface area contributed by atoms with E-state index in [4.69, 9.17) is 23.2 Å². The van der Waals surface area contributed by atoms with Gasteiger partial charge in [-0.05, 0) is 13.0 Å². The summed E-state index contributed by atoms with van der Waals surface area (Å²) in [6.07, 6.45) is -5.91. The number of alkyl halides is 3. The molecule has 0 saturated heterocycles. The van der Waals surface area contributed by atoms with E-state index in [-0.39, 0.29) is 16.3 Å². The molecule has 1 atom stereocenters. The predicted molar refractivity (Wildman–Crippen MR) is 71.3 cm³/mol. The van der Waals surface area contributed by atoms with Crippen LogP contribution in [0.2, 0.25) is 10.3 Å². The number of aliphatic hydroxyl groups is 1. The molecule has 114 valence electrons. The first-order valence-electron chi connectivity index (χ1n) is 5.73. The molecule has 0 fully saturated rings. The molecule has 2 rings (SSSR count). The Morgan fingerprint density at radius 3 is 2.33 bits per heavy atom. The van der Waals surface area contributed by atoms with Gasteiger partial charge in [0.25, 0.3) is 0 Å². The van der Waals surface area contributed by atoms with Crippen molar-refractivity contribution in [2.45, 2.75) is 19.2 Å². The molecule has 0 amide bonds. The second-order valence-electron chi connectivity index (χ2n) is 4.39. The summed E-state index contributed by atoms with van der Waals surface area (Å²) in [5, 5.41) is 14.1. The maximum Gasteiger partial charge on any atom is 0.433 e. The molecular weight excluding hydrogens is 330 g/mol. The highest BCUT2D eigenvalue weighted by Gasteiger charge is 2.34. The Bertz CT molecular complexity index is 685. The average Bonchev–Trinajstić information content (AvgIpc) is 2.61. The zero-order chi connectivity index (χ0) is 15.9. The molecule has 2 heterocycles. The largest absolute Gasteiger partial charge is 0.433 e. The van der Waals surface area contributed by atoms with Gasteiger partial charge < -0.3 is 5.11 Å². The van der Waals surface area contributed by atoms with Gasteiger partial charge in [0.05, 0.1) is 5.69 Å². The van der Waals surface area contributed by atoms with Gasteiger partial charge in [0, 0.05) is 18.2 Å². The predicted octanol–water partition coefficient (Wildman–Crippen LogP) is 3.53. The molecular formula is C12H10Cl2F3N3O.